The Bertz CT molecular complexity index is 1080. The van der Waals surface area contributed by atoms with E-state index in [0.29, 0.717) is 40.8 Å². The number of nitrogens with one attached hydrogen (secondary N) is 1. The second kappa shape index (κ2) is 10.8. The fourth-order valence-electron chi connectivity index (χ4n) is 3.79. The molecular weight excluding hydrogens is 455 g/mol. The lowest BCUT2D eigenvalue weighted by Crippen LogP contribution is -2.35. The first kappa shape index (κ1) is 24.7. The highest BCUT2D eigenvalue weighted by Gasteiger charge is 2.21. The smallest absolute Gasteiger partial charge is 0.326 e. The molecule has 174 valence electrons. The lowest BCUT2D eigenvalue weighted by Gasteiger charge is -2.26. The molecule has 0 fully saturated rings. The fraction of sp³-hybridized carbons (Fsp3) is 0.269. The van der Waals surface area contributed by atoms with Crippen molar-refractivity contribution in [2.75, 3.05) is 34.9 Å². The highest BCUT2D eigenvalue weighted by Crippen LogP contribution is 2.35. The van der Waals surface area contributed by atoms with Crippen molar-refractivity contribution >= 4 is 52.0 Å². The van der Waals surface area contributed by atoms with Crippen molar-refractivity contribution in [3.05, 3.63) is 81.3 Å². The molecule has 33 heavy (non-hydrogen) atoms. The largest absolute Gasteiger partial charge is 0.398 e. The number of urea groups is 1. The molecule has 0 aromatic heterocycles. The summed E-state index contributed by atoms with van der Waals surface area (Å²) in [5, 5.41) is 4.33. The van der Waals surface area contributed by atoms with Crippen molar-refractivity contribution in [2.45, 2.75) is 33.2 Å². The Morgan fingerprint density at radius 1 is 0.909 bits per heavy atom. The van der Waals surface area contributed by atoms with Gasteiger partial charge in [0.05, 0.1) is 12.2 Å². The van der Waals surface area contributed by atoms with Crippen molar-refractivity contribution in [3.63, 3.8) is 0 Å². The zero-order valence-electron chi connectivity index (χ0n) is 19.5. The number of halogens is 2. The van der Waals surface area contributed by atoms with E-state index in [1.807, 2.05) is 81.4 Å². The van der Waals surface area contributed by atoms with Crippen molar-refractivity contribution in [2.24, 2.45) is 0 Å². The molecule has 0 aliphatic heterocycles. The first-order valence-corrected chi connectivity index (χ1v) is 11.7. The van der Waals surface area contributed by atoms with Gasteiger partial charge in [0, 0.05) is 41.2 Å². The summed E-state index contributed by atoms with van der Waals surface area (Å²) in [5.74, 6) is 0. The van der Waals surface area contributed by atoms with Gasteiger partial charge < -0.3 is 16.0 Å². The minimum atomic E-state index is -0.256. The molecule has 0 aliphatic carbocycles. The van der Waals surface area contributed by atoms with Crippen molar-refractivity contribution in [3.8, 4) is 0 Å². The number of carbonyl (C=O) groups is 1. The van der Waals surface area contributed by atoms with Gasteiger partial charge in [0.1, 0.15) is 0 Å². The molecule has 0 bridgehead atoms. The quantitative estimate of drug-likeness (QED) is 0.354. The average molecular weight is 485 g/mol. The van der Waals surface area contributed by atoms with Crippen LogP contribution in [0, 0.1) is 0 Å². The second-order valence-electron chi connectivity index (χ2n) is 8.04. The number of benzene rings is 3. The Morgan fingerprint density at radius 3 is 2.03 bits per heavy atom. The number of nitrogens with zero attached hydrogens (tertiary/aromatic N) is 2. The Hall–Kier alpha value is -2.89. The zero-order valence-corrected chi connectivity index (χ0v) is 21.0. The highest BCUT2D eigenvalue weighted by molar-refractivity contribution is 6.32. The molecule has 5 nitrogen and oxygen atoms in total. The van der Waals surface area contributed by atoms with Gasteiger partial charge in [0.15, 0.2) is 0 Å². The van der Waals surface area contributed by atoms with Gasteiger partial charge in [-0.25, -0.2) is 4.79 Å². The van der Waals surface area contributed by atoms with Crippen molar-refractivity contribution < 1.29 is 4.79 Å². The third-order valence-corrected chi connectivity index (χ3v) is 6.23. The van der Waals surface area contributed by atoms with Crippen LogP contribution in [-0.2, 0) is 19.4 Å². The van der Waals surface area contributed by atoms with Gasteiger partial charge >= 0.3 is 6.03 Å². The van der Waals surface area contributed by atoms with E-state index in [9.17, 15) is 4.79 Å². The van der Waals surface area contributed by atoms with Crippen molar-refractivity contribution in [1.82, 2.24) is 0 Å². The van der Waals surface area contributed by atoms with Gasteiger partial charge in [-0.3, -0.25) is 4.90 Å². The Kier molecular flexibility index (Phi) is 8.11. The molecule has 3 aromatic rings. The van der Waals surface area contributed by atoms with Crippen molar-refractivity contribution in [1.29, 1.82) is 0 Å². The Balaban J connectivity index is 2.01. The van der Waals surface area contributed by atoms with Crippen LogP contribution < -0.4 is 20.9 Å². The summed E-state index contributed by atoms with van der Waals surface area (Å²) in [6.45, 7) is 4.40. The number of rotatable bonds is 7. The molecule has 0 heterocycles. The molecule has 0 spiro atoms. The molecule has 7 heteroatoms. The number of nitrogens with two attached hydrogens (primary N) is 1. The van der Waals surface area contributed by atoms with Crippen LogP contribution in [0.1, 0.15) is 30.5 Å². The van der Waals surface area contributed by atoms with Crippen LogP contribution >= 0.6 is 23.2 Å². The van der Waals surface area contributed by atoms with Crippen LogP contribution in [0.5, 0.6) is 0 Å². The number of anilines is 4. The number of hydrogen-bond acceptors (Lipinski definition) is 3. The predicted octanol–water partition coefficient (Wildman–Crippen LogP) is 7.01. The summed E-state index contributed by atoms with van der Waals surface area (Å²) in [6, 6.07) is 16.9. The number of hydrogen-bond donors (Lipinski definition) is 2. The van der Waals surface area contributed by atoms with Crippen LogP contribution in [0.4, 0.5) is 27.5 Å². The van der Waals surface area contributed by atoms with Crippen LogP contribution in [0.3, 0.4) is 0 Å². The maximum Gasteiger partial charge on any atom is 0.326 e. The normalized spacial score (nSPS) is 10.7. The average Bonchev–Trinajstić information content (AvgIpc) is 2.79. The molecule has 2 amide bonds. The summed E-state index contributed by atoms with van der Waals surface area (Å²) in [7, 11) is 3.96. The zero-order chi connectivity index (χ0) is 24.1. The van der Waals surface area contributed by atoms with E-state index in [2.05, 4.69) is 5.32 Å². The third-order valence-electron chi connectivity index (χ3n) is 5.64. The number of nitrogen functional groups attached to an aromatic ring is 1. The molecular formula is C26H30Cl2N4O. The molecule has 3 N–H and O–H groups in total. The van der Waals surface area contributed by atoms with E-state index in [1.54, 1.807) is 11.0 Å². The molecule has 0 atom stereocenters. The van der Waals surface area contributed by atoms with Gasteiger partial charge in [-0.1, -0.05) is 49.2 Å². The maximum atomic E-state index is 13.7. The minimum absolute atomic E-state index is 0.256. The van der Waals surface area contributed by atoms with E-state index in [0.717, 1.165) is 28.1 Å². The van der Waals surface area contributed by atoms with Crippen LogP contribution in [-0.4, -0.2) is 20.1 Å². The highest BCUT2D eigenvalue weighted by atomic mass is 35.5. The summed E-state index contributed by atoms with van der Waals surface area (Å²) >= 11 is 12.5. The van der Waals surface area contributed by atoms with E-state index in [4.69, 9.17) is 28.9 Å². The van der Waals surface area contributed by atoms with Gasteiger partial charge in [-0.15, -0.1) is 0 Å². The minimum Gasteiger partial charge on any atom is -0.398 e. The first-order chi connectivity index (χ1) is 15.7. The van der Waals surface area contributed by atoms with E-state index < -0.39 is 0 Å². The topological polar surface area (TPSA) is 61.6 Å². The predicted molar refractivity (Wildman–Crippen MR) is 142 cm³/mol. The van der Waals surface area contributed by atoms with E-state index in [1.165, 1.54) is 0 Å². The molecule has 0 aliphatic rings. The number of carbonyl (C=O) groups excluding carboxylic acids is 1. The monoisotopic (exact) mass is 484 g/mol. The van der Waals surface area contributed by atoms with Crippen LogP contribution in [0.2, 0.25) is 10.0 Å². The molecule has 0 saturated carbocycles. The lowest BCUT2D eigenvalue weighted by atomic mass is 10.0. The van der Waals surface area contributed by atoms with Gasteiger partial charge in [-0.2, -0.15) is 0 Å². The first-order valence-electron chi connectivity index (χ1n) is 10.9. The molecule has 0 saturated heterocycles. The van der Waals surface area contributed by atoms with Crippen LogP contribution in [0.25, 0.3) is 0 Å². The second-order valence-corrected chi connectivity index (χ2v) is 8.88. The summed E-state index contributed by atoms with van der Waals surface area (Å²) < 4.78 is 0. The fourth-order valence-corrected chi connectivity index (χ4v) is 4.26. The number of amides is 2. The molecule has 0 radical (unpaired) electrons. The van der Waals surface area contributed by atoms with Crippen LogP contribution in [0.15, 0.2) is 54.6 Å². The maximum absolute atomic E-state index is 13.7. The van der Waals surface area contributed by atoms with E-state index in [-0.39, 0.29) is 6.03 Å². The van der Waals surface area contributed by atoms with Gasteiger partial charge in [0.25, 0.3) is 0 Å². The summed E-state index contributed by atoms with van der Waals surface area (Å²) in [4.78, 5) is 17.4. The molecule has 3 rings (SSSR count). The van der Waals surface area contributed by atoms with Gasteiger partial charge in [-0.05, 0) is 72.0 Å². The summed E-state index contributed by atoms with van der Waals surface area (Å²) in [5.41, 5.74) is 12.1. The molecule has 3 aromatic carbocycles. The Morgan fingerprint density at radius 2 is 1.48 bits per heavy atom. The third kappa shape index (κ3) is 5.73. The molecule has 0 unspecified atom stereocenters. The standard InChI is InChI=1S/C26H30Cl2N4O/c1-5-21-23(28)15-24(29)22(6-2)25(21)30-26(33)32(16-17-7-9-18(27)10-8-17)20-13-11-19(12-14-20)31(3)4/h7-15H,5-6,16,29H2,1-4H3,(H,30,33). The Labute approximate surface area is 206 Å². The van der Waals surface area contributed by atoms with Gasteiger partial charge in [0.2, 0.25) is 0 Å². The SMILES string of the molecule is CCc1c(N)cc(Cl)c(CC)c1NC(=O)N(Cc1ccc(Cl)cc1)c1ccc(N(C)C)cc1. The van der Waals surface area contributed by atoms with E-state index >= 15 is 0 Å². The summed E-state index contributed by atoms with van der Waals surface area (Å²) in [6.07, 6.45) is 1.36. The lowest BCUT2D eigenvalue weighted by molar-refractivity contribution is 0.256.